The van der Waals surface area contributed by atoms with Crippen molar-refractivity contribution in [2.24, 2.45) is 11.8 Å². The molecule has 0 aliphatic carbocycles. The van der Waals surface area contributed by atoms with Crippen molar-refractivity contribution < 1.29 is 29.2 Å². The van der Waals surface area contributed by atoms with Gasteiger partial charge in [-0.05, 0) is 19.1 Å². The van der Waals surface area contributed by atoms with Crippen LogP contribution in [0.3, 0.4) is 0 Å². The summed E-state index contributed by atoms with van der Waals surface area (Å²) in [5, 5.41) is 20.0. The minimum absolute atomic E-state index is 0.0981. The number of hydrazine groups is 1. The highest BCUT2D eigenvalue weighted by Crippen LogP contribution is 2.46. The molecule has 1 saturated heterocycles. The van der Waals surface area contributed by atoms with E-state index in [0.717, 1.165) is 12.1 Å². The average molecular weight is 361 g/mol. The molecule has 4 atom stereocenters. The smallest absolute Gasteiger partial charge is 0.310 e. The van der Waals surface area contributed by atoms with Crippen LogP contribution in [-0.4, -0.2) is 39.5 Å². The zero-order chi connectivity index (χ0) is 19.1. The van der Waals surface area contributed by atoms with Gasteiger partial charge in [0.15, 0.2) is 0 Å². The zero-order valence-electron chi connectivity index (χ0n) is 13.5. The third-order valence-corrected chi connectivity index (χ3v) is 4.54. The van der Waals surface area contributed by atoms with E-state index in [0.29, 0.717) is 0 Å². The molecule has 2 aliphatic heterocycles. The molecule has 26 heavy (non-hydrogen) atoms. The minimum Gasteiger partial charge on any atom is -0.481 e. The maximum atomic E-state index is 12.4. The van der Waals surface area contributed by atoms with Gasteiger partial charge in [0.25, 0.3) is 11.6 Å². The molecule has 1 aromatic carbocycles. The number of carboxylic acid groups (broad SMARTS) is 1. The number of carbonyl (C=O) groups is 3. The molecule has 0 spiro atoms. The minimum atomic E-state index is -1.16. The summed E-state index contributed by atoms with van der Waals surface area (Å²) in [6.45, 7) is 1.61. The molecular weight excluding hydrogens is 346 g/mol. The third-order valence-electron chi connectivity index (χ3n) is 4.54. The normalized spacial score (nSPS) is 28.6. The highest BCUT2D eigenvalue weighted by molar-refractivity contribution is 5.96. The first-order chi connectivity index (χ1) is 12.2. The SMILES string of the molecule is C[C@@]12C=C[C@@H](O1)[C@H](C(=O)O)[C@H]2C(=O)NNC(=O)c1ccc([N+](=O)[O-])cc1. The summed E-state index contributed by atoms with van der Waals surface area (Å²) in [6.07, 6.45) is 2.55. The maximum absolute atomic E-state index is 12.4. The molecule has 10 heteroatoms. The molecule has 3 rings (SSSR count). The average Bonchev–Trinajstić information content (AvgIpc) is 3.12. The molecule has 0 radical (unpaired) electrons. The number of carboxylic acids is 1. The van der Waals surface area contributed by atoms with Crippen molar-refractivity contribution >= 4 is 23.5 Å². The lowest BCUT2D eigenvalue weighted by Gasteiger charge is -2.27. The van der Waals surface area contributed by atoms with Crippen LogP contribution in [-0.2, 0) is 14.3 Å². The van der Waals surface area contributed by atoms with Crippen molar-refractivity contribution in [3.05, 3.63) is 52.1 Å². The second-order valence-corrected chi connectivity index (χ2v) is 6.21. The predicted octanol–water partition coefficient (Wildman–Crippen LogP) is 0.400. The molecule has 1 aromatic rings. The molecular formula is C16H15N3O7. The fourth-order valence-electron chi connectivity index (χ4n) is 3.28. The number of hydrogen-bond acceptors (Lipinski definition) is 6. The molecule has 136 valence electrons. The van der Waals surface area contributed by atoms with Crippen molar-refractivity contribution in [2.75, 3.05) is 0 Å². The molecule has 0 unspecified atom stereocenters. The second kappa shape index (κ2) is 6.23. The lowest BCUT2D eigenvalue weighted by atomic mass is 9.76. The van der Waals surface area contributed by atoms with Crippen LogP contribution in [0.25, 0.3) is 0 Å². The predicted molar refractivity (Wildman–Crippen MR) is 85.7 cm³/mol. The number of fused-ring (bicyclic) bond motifs is 2. The van der Waals surface area contributed by atoms with Crippen LogP contribution >= 0.6 is 0 Å². The molecule has 2 bridgehead atoms. The lowest BCUT2D eigenvalue weighted by Crippen LogP contribution is -2.52. The molecule has 0 aromatic heterocycles. The number of rotatable bonds is 4. The van der Waals surface area contributed by atoms with Gasteiger partial charge in [0, 0.05) is 17.7 Å². The Kier molecular flexibility index (Phi) is 4.20. The van der Waals surface area contributed by atoms with Gasteiger partial charge in [-0.2, -0.15) is 0 Å². The van der Waals surface area contributed by atoms with Crippen molar-refractivity contribution in [3.8, 4) is 0 Å². The Bertz CT molecular complexity index is 820. The third kappa shape index (κ3) is 2.90. The fraction of sp³-hybridized carbons (Fsp3) is 0.312. The first kappa shape index (κ1) is 17.5. The number of benzene rings is 1. The van der Waals surface area contributed by atoms with Crippen molar-refractivity contribution in [3.63, 3.8) is 0 Å². The van der Waals surface area contributed by atoms with Crippen molar-refractivity contribution in [1.82, 2.24) is 10.9 Å². The first-order valence-electron chi connectivity index (χ1n) is 7.67. The van der Waals surface area contributed by atoms with E-state index in [9.17, 15) is 29.6 Å². The van der Waals surface area contributed by atoms with Gasteiger partial charge >= 0.3 is 5.97 Å². The summed E-state index contributed by atoms with van der Waals surface area (Å²) in [7, 11) is 0. The number of nitro benzene ring substituents is 1. The number of carbonyl (C=O) groups excluding carboxylic acids is 2. The molecule has 0 saturated carbocycles. The van der Waals surface area contributed by atoms with Crippen LogP contribution in [0.1, 0.15) is 17.3 Å². The van der Waals surface area contributed by atoms with E-state index < -0.39 is 46.2 Å². The van der Waals surface area contributed by atoms with E-state index in [1.165, 1.54) is 12.1 Å². The standard InChI is InChI=1S/C16H15N3O7/c1-16-7-6-10(26-16)11(15(22)23)12(16)14(21)18-17-13(20)8-2-4-9(5-3-8)19(24)25/h2-7,10-12H,1H3,(H,17,20)(H,18,21)(H,22,23)/t10-,11+,12+,16+/m1/s1. The number of aliphatic carboxylic acids is 1. The first-order valence-corrected chi connectivity index (χ1v) is 7.67. The molecule has 2 amide bonds. The summed E-state index contributed by atoms with van der Waals surface area (Å²) in [4.78, 5) is 46.0. The molecule has 2 aliphatic rings. The van der Waals surface area contributed by atoms with Gasteiger partial charge in [-0.15, -0.1) is 0 Å². The van der Waals surface area contributed by atoms with E-state index in [4.69, 9.17) is 4.74 Å². The number of nitrogens with one attached hydrogen (secondary N) is 2. The molecule has 3 N–H and O–H groups in total. The fourth-order valence-corrected chi connectivity index (χ4v) is 3.28. The van der Waals surface area contributed by atoms with Gasteiger partial charge in [0.2, 0.25) is 5.91 Å². The van der Waals surface area contributed by atoms with Crippen molar-refractivity contribution in [1.29, 1.82) is 0 Å². The Labute approximate surface area is 146 Å². The number of ether oxygens (including phenoxy) is 1. The Hall–Kier alpha value is -3.27. The summed E-state index contributed by atoms with van der Waals surface area (Å²) >= 11 is 0. The number of nitrogens with zero attached hydrogens (tertiary/aromatic N) is 1. The number of nitro groups is 1. The monoisotopic (exact) mass is 361 g/mol. The Balaban J connectivity index is 1.66. The quantitative estimate of drug-likeness (QED) is 0.399. The molecule has 2 heterocycles. The Morgan fingerprint density at radius 1 is 1.23 bits per heavy atom. The van der Waals surface area contributed by atoms with E-state index >= 15 is 0 Å². The van der Waals surface area contributed by atoms with E-state index in [1.807, 2.05) is 0 Å². The van der Waals surface area contributed by atoms with Gasteiger partial charge in [-0.1, -0.05) is 12.2 Å². The van der Waals surface area contributed by atoms with Gasteiger partial charge in [-0.3, -0.25) is 35.3 Å². The molecule has 10 nitrogen and oxygen atoms in total. The van der Waals surface area contributed by atoms with Crippen LogP contribution in [0.2, 0.25) is 0 Å². The van der Waals surface area contributed by atoms with Crippen LogP contribution in [0.15, 0.2) is 36.4 Å². The maximum Gasteiger partial charge on any atom is 0.310 e. The van der Waals surface area contributed by atoms with Gasteiger partial charge in [-0.25, -0.2) is 0 Å². The van der Waals surface area contributed by atoms with E-state index in [-0.39, 0.29) is 11.3 Å². The summed E-state index contributed by atoms with van der Waals surface area (Å²) in [6, 6.07) is 4.80. The van der Waals surface area contributed by atoms with Gasteiger partial charge in [0.05, 0.1) is 22.5 Å². The van der Waals surface area contributed by atoms with Crippen LogP contribution in [0.5, 0.6) is 0 Å². The van der Waals surface area contributed by atoms with Crippen LogP contribution in [0, 0.1) is 22.0 Å². The van der Waals surface area contributed by atoms with E-state index in [2.05, 4.69) is 10.9 Å². The van der Waals surface area contributed by atoms with Crippen molar-refractivity contribution in [2.45, 2.75) is 18.6 Å². The molecule has 1 fully saturated rings. The highest BCUT2D eigenvalue weighted by Gasteiger charge is 2.59. The zero-order valence-corrected chi connectivity index (χ0v) is 13.5. The number of hydrogen-bond donors (Lipinski definition) is 3. The number of non-ortho nitro benzene ring substituents is 1. The van der Waals surface area contributed by atoms with Gasteiger partial charge < -0.3 is 9.84 Å². The summed E-state index contributed by atoms with van der Waals surface area (Å²) < 4.78 is 5.57. The van der Waals surface area contributed by atoms with Crippen LogP contribution < -0.4 is 10.9 Å². The highest BCUT2D eigenvalue weighted by atomic mass is 16.6. The Morgan fingerprint density at radius 2 is 1.88 bits per heavy atom. The number of amides is 2. The second-order valence-electron chi connectivity index (χ2n) is 6.21. The topological polar surface area (TPSA) is 148 Å². The summed E-state index contributed by atoms with van der Waals surface area (Å²) in [5.74, 6) is -4.61. The lowest BCUT2D eigenvalue weighted by molar-refractivity contribution is -0.384. The largest absolute Gasteiger partial charge is 0.481 e. The van der Waals surface area contributed by atoms with Crippen LogP contribution in [0.4, 0.5) is 5.69 Å². The van der Waals surface area contributed by atoms with Gasteiger partial charge in [0.1, 0.15) is 5.92 Å². The van der Waals surface area contributed by atoms with E-state index in [1.54, 1.807) is 19.1 Å². The Morgan fingerprint density at radius 3 is 2.46 bits per heavy atom. The summed E-state index contributed by atoms with van der Waals surface area (Å²) in [5.41, 5.74) is 3.25.